The molecule has 142 valence electrons. The first kappa shape index (κ1) is 20.2. The summed E-state index contributed by atoms with van der Waals surface area (Å²) >= 11 is 6.04. The minimum absolute atomic E-state index is 0.0414. The van der Waals surface area contributed by atoms with E-state index in [-0.39, 0.29) is 41.0 Å². The molecule has 1 aromatic rings. The number of rotatable bonds is 5. The minimum atomic E-state index is -3.82. The molecule has 2 rings (SSSR count). The van der Waals surface area contributed by atoms with E-state index in [4.69, 9.17) is 11.6 Å². The average molecular weight is 402 g/mol. The second-order valence-electron chi connectivity index (χ2n) is 6.61. The lowest BCUT2D eigenvalue weighted by Gasteiger charge is -2.18. The van der Waals surface area contributed by atoms with Crippen LogP contribution in [0.2, 0.25) is 5.02 Å². The van der Waals surface area contributed by atoms with E-state index in [1.807, 2.05) is 0 Å². The summed E-state index contributed by atoms with van der Waals surface area (Å²) in [7, 11) is -3.82. The lowest BCUT2D eigenvalue weighted by atomic mass is 9.95. The zero-order chi connectivity index (χ0) is 19.7. The van der Waals surface area contributed by atoms with Gasteiger partial charge in [-0.1, -0.05) is 11.6 Å². The molecule has 2 N–H and O–H groups in total. The molecular formula is C16H20ClN3O5S. The fourth-order valence-corrected chi connectivity index (χ4v) is 4.89. The summed E-state index contributed by atoms with van der Waals surface area (Å²) in [5.74, 6) is -1.62. The molecule has 3 amide bonds. The number of anilines is 1. The van der Waals surface area contributed by atoms with Crippen LogP contribution in [0.25, 0.3) is 0 Å². The van der Waals surface area contributed by atoms with E-state index in [0.29, 0.717) is 0 Å². The van der Waals surface area contributed by atoms with Gasteiger partial charge in [0.05, 0.1) is 27.4 Å². The summed E-state index contributed by atoms with van der Waals surface area (Å²) in [6.45, 7) is 4.88. The summed E-state index contributed by atoms with van der Waals surface area (Å²) in [5, 5.41) is 5.22. The predicted octanol–water partition coefficient (Wildman–Crippen LogP) is 0.908. The molecule has 26 heavy (non-hydrogen) atoms. The molecule has 8 nitrogen and oxygen atoms in total. The fraction of sp³-hybridized carbons (Fsp3) is 0.438. The first-order valence-electron chi connectivity index (χ1n) is 7.85. The number of carbonyl (C=O) groups is 3. The number of nitrogens with zero attached hydrogens (tertiary/aromatic N) is 1. The van der Waals surface area contributed by atoms with Gasteiger partial charge in [-0.2, -0.15) is 0 Å². The quantitative estimate of drug-likeness (QED) is 0.712. The van der Waals surface area contributed by atoms with Gasteiger partial charge in [-0.25, -0.2) is 12.7 Å². The SMILES string of the molecule is CC(=O)NCCNC(=O)c1cc(N2C(=O)C(C)(C)CS2(=O)=O)ccc1Cl. The van der Waals surface area contributed by atoms with Gasteiger partial charge in [0.1, 0.15) is 0 Å². The second-order valence-corrected chi connectivity index (χ2v) is 8.84. The van der Waals surface area contributed by atoms with E-state index in [2.05, 4.69) is 10.6 Å². The Hall–Kier alpha value is -2.13. The highest BCUT2D eigenvalue weighted by Crippen LogP contribution is 2.36. The molecule has 1 aliphatic heterocycles. The Balaban J connectivity index is 2.26. The van der Waals surface area contributed by atoms with Gasteiger partial charge in [-0.15, -0.1) is 0 Å². The zero-order valence-electron chi connectivity index (χ0n) is 14.6. The molecule has 1 fully saturated rings. The third-order valence-electron chi connectivity index (χ3n) is 3.80. The van der Waals surface area contributed by atoms with Crippen LogP contribution in [0.4, 0.5) is 5.69 Å². The van der Waals surface area contributed by atoms with Crippen molar-refractivity contribution in [2.45, 2.75) is 20.8 Å². The number of hydrogen-bond acceptors (Lipinski definition) is 5. The first-order valence-corrected chi connectivity index (χ1v) is 9.84. The molecule has 0 radical (unpaired) electrons. The fourth-order valence-electron chi connectivity index (χ4n) is 2.58. The second kappa shape index (κ2) is 7.24. The van der Waals surface area contributed by atoms with Crippen LogP contribution in [0.1, 0.15) is 31.1 Å². The van der Waals surface area contributed by atoms with Gasteiger partial charge in [-0.3, -0.25) is 14.4 Å². The highest BCUT2D eigenvalue weighted by atomic mass is 35.5. The number of sulfonamides is 1. The molecule has 0 saturated carbocycles. The summed E-state index contributed by atoms with van der Waals surface area (Å²) in [6, 6.07) is 4.02. The van der Waals surface area contributed by atoms with Gasteiger partial charge in [0, 0.05) is 20.0 Å². The molecule has 1 heterocycles. The molecule has 0 aromatic heterocycles. The highest BCUT2D eigenvalue weighted by Gasteiger charge is 2.50. The van der Waals surface area contributed by atoms with Crippen molar-refractivity contribution in [3.63, 3.8) is 0 Å². The molecule has 1 aliphatic rings. The largest absolute Gasteiger partial charge is 0.355 e. The monoisotopic (exact) mass is 401 g/mol. The van der Waals surface area contributed by atoms with Crippen molar-refractivity contribution in [2.75, 3.05) is 23.1 Å². The maximum absolute atomic E-state index is 12.5. The Morgan fingerprint density at radius 1 is 1.23 bits per heavy atom. The van der Waals surface area contributed by atoms with E-state index in [1.54, 1.807) is 13.8 Å². The summed E-state index contributed by atoms with van der Waals surface area (Å²) in [4.78, 5) is 35.6. The third kappa shape index (κ3) is 4.16. The minimum Gasteiger partial charge on any atom is -0.355 e. The van der Waals surface area contributed by atoms with Crippen LogP contribution in [0.3, 0.4) is 0 Å². The van der Waals surface area contributed by atoms with Crippen LogP contribution in [0.15, 0.2) is 18.2 Å². The van der Waals surface area contributed by atoms with Gasteiger partial charge in [-0.05, 0) is 32.0 Å². The van der Waals surface area contributed by atoms with E-state index in [1.165, 1.54) is 25.1 Å². The third-order valence-corrected chi connectivity index (χ3v) is 6.15. The van der Waals surface area contributed by atoms with Gasteiger partial charge >= 0.3 is 0 Å². The molecule has 0 unspecified atom stereocenters. The van der Waals surface area contributed by atoms with Gasteiger partial charge < -0.3 is 10.6 Å². The van der Waals surface area contributed by atoms with Crippen LogP contribution >= 0.6 is 11.6 Å². The van der Waals surface area contributed by atoms with E-state index < -0.39 is 27.3 Å². The van der Waals surface area contributed by atoms with Crippen molar-refractivity contribution < 1.29 is 22.8 Å². The molecule has 0 atom stereocenters. The van der Waals surface area contributed by atoms with Crippen LogP contribution in [0, 0.1) is 5.41 Å². The topological polar surface area (TPSA) is 113 Å². The Bertz CT molecular complexity index is 867. The molecule has 0 spiro atoms. The molecule has 0 bridgehead atoms. The number of hydrogen-bond donors (Lipinski definition) is 2. The van der Waals surface area contributed by atoms with Gasteiger partial charge in [0.25, 0.3) is 5.91 Å². The van der Waals surface area contributed by atoms with Crippen LogP contribution < -0.4 is 14.9 Å². The maximum Gasteiger partial charge on any atom is 0.252 e. The Labute approximate surface area is 156 Å². The van der Waals surface area contributed by atoms with Crippen LogP contribution in [-0.2, 0) is 19.6 Å². The number of amides is 3. The van der Waals surface area contributed by atoms with Crippen molar-refractivity contribution in [2.24, 2.45) is 5.41 Å². The van der Waals surface area contributed by atoms with Gasteiger partial charge in [0.2, 0.25) is 21.8 Å². The number of benzene rings is 1. The number of halogens is 1. The number of carbonyl (C=O) groups excluding carboxylic acids is 3. The van der Waals surface area contributed by atoms with Crippen LogP contribution in [0.5, 0.6) is 0 Å². The Kier molecular flexibility index (Phi) is 5.62. The molecular weight excluding hydrogens is 382 g/mol. The normalized spacial score (nSPS) is 17.8. The highest BCUT2D eigenvalue weighted by molar-refractivity contribution is 7.94. The summed E-state index contributed by atoms with van der Waals surface area (Å²) < 4.78 is 25.4. The van der Waals surface area contributed by atoms with Crippen molar-refractivity contribution in [1.82, 2.24) is 10.6 Å². The van der Waals surface area contributed by atoms with Crippen LogP contribution in [-0.4, -0.2) is 45.0 Å². The summed E-state index contributed by atoms with van der Waals surface area (Å²) in [6.07, 6.45) is 0. The van der Waals surface area contributed by atoms with Crippen molar-refractivity contribution in [3.05, 3.63) is 28.8 Å². The summed E-state index contributed by atoms with van der Waals surface area (Å²) in [5.41, 5.74) is -0.934. The smallest absolute Gasteiger partial charge is 0.252 e. The average Bonchev–Trinajstić information content (AvgIpc) is 2.67. The van der Waals surface area contributed by atoms with E-state index in [9.17, 15) is 22.8 Å². The van der Waals surface area contributed by atoms with Crippen molar-refractivity contribution in [1.29, 1.82) is 0 Å². The maximum atomic E-state index is 12.5. The predicted molar refractivity (Wildman–Crippen MR) is 97.5 cm³/mol. The first-order chi connectivity index (χ1) is 12.0. The number of nitrogens with one attached hydrogen (secondary N) is 2. The Morgan fingerprint density at radius 2 is 1.85 bits per heavy atom. The Morgan fingerprint density at radius 3 is 2.38 bits per heavy atom. The van der Waals surface area contributed by atoms with Gasteiger partial charge in [0.15, 0.2) is 0 Å². The molecule has 0 aliphatic carbocycles. The van der Waals surface area contributed by atoms with Crippen molar-refractivity contribution >= 4 is 45.0 Å². The van der Waals surface area contributed by atoms with Crippen molar-refractivity contribution in [3.8, 4) is 0 Å². The van der Waals surface area contributed by atoms with E-state index >= 15 is 0 Å². The lowest BCUT2D eigenvalue weighted by molar-refractivity contribution is -0.123. The standard InChI is InChI=1S/C16H20ClN3O5S/c1-10(21)18-6-7-19-14(22)12-8-11(4-5-13(12)17)20-15(23)16(2,3)9-26(20,24)25/h4-5,8H,6-7,9H2,1-3H3,(H,18,21)(H,19,22). The zero-order valence-corrected chi connectivity index (χ0v) is 16.2. The van der Waals surface area contributed by atoms with E-state index in [0.717, 1.165) is 4.31 Å². The molecule has 1 saturated heterocycles. The lowest BCUT2D eigenvalue weighted by Crippen LogP contribution is -2.34. The molecule has 1 aromatic carbocycles. The molecule has 10 heteroatoms.